The highest BCUT2D eigenvalue weighted by Gasteiger charge is 2.10. The van der Waals surface area contributed by atoms with Gasteiger partial charge < -0.3 is 5.32 Å². The van der Waals surface area contributed by atoms with Crippen LogP contribution in [0, 0.1) is 6.92 Å². The van der Waals surface area contributed by atoms with Crippen LogP contribution in [0.5, 0.6) is 0 Å². The summed E-state index contributed by atoms with van der Waals surface area (Å²) in [6.45, 7) is 1.93. The second-order valence-electron chi connectivity index (χ2n) is 6.35. The first-order chi connectivity index (χ1) is 13.6. The Morgan fingerprint density at radius 2 is 1.68 bits per heavy atom. The van der Waals surface area contributed by atoms with Crippen LogP contribution < -0.4 is 5.32 Å². The minimum absolute atomic E-state index is 0.198. The molecule has 0 atom stereocenters. The predicted octanol–water partition coefficient (Wildman–Crippen LogP) is 5.03. The van der Waals surface area contributed by atoms with Crippen LogP contribution >= 0.6 is 11.6 Å². The van der Waals surface area contributed by atoms with Gasteiger partial charge in [-0.1, -0.05) is 41.9 Å². The summed E-state index contributed by atoms with van der Waals surface area (Å²) in [6.07, 6.45) is 3.30. The van der Waals surface area contributed by atoms with E-state index in [4.69, 9.17) is 11.6 Å². The molecular weight excluding hydrogens is 372 g/mol. The number of hydrogen-bond acceptors (Lipinski definition) is 3. The number of halogens is 1. The normalized spacial score (nSPS) is 11.2. The number of anilines is 1. The second kappa shape index (κ2) is 7.66. The molecule has 0 radical (unpaired) electrons. The molecule has 4 rings (SSSR count). The van der Waals surface area contributed by atoms with Crippen molar-refractivity contribution in [2.45, 2.75) is 6.92 Å². The van der Waals surface area contributed by atoms with Gasteiger partial charge in [0.25, 0.3) is 0 Å². The van der Waals surface area contributed by atoms with Gasteiger partial charge in [-0.15, -0.1) is 10.2 Å². The molecule has 28 heavy (non-hydrogen) atoms. The Balaban J connectivity index is 1.57. The molecule has 1 amide bonds. The number of hydrogen-bond donors (Lipinski definition) is 1. The number of amides is 1. The van der Waals surface area contributed by atoms with Crippen LogP contribution in [0.2, 0.25) is 5.02 Å². The molecule has 1 N–H and O–H groups in total. The van der Waals surface area contributed by atoms with Crippen molar-refractivity contribution in [1.82, 2.24) is 15.0 Å². The maximum Gasteiger partial charge on any atom is 0.248 e. The number of aryl methyl sites for hydroxylation is 1. The van der Waals surface area contributed by atoms with Crippen LogP contribution in [0.4, 0.5) is 5.69 Å². The largest absolute Gasteiger partial charge is 0.322 e. The topological polar surface area (TPSA) is 59.8 Å². The molecule has 0 fully saturated rings. The minimum atomic E-state index is -0.198. The standard InChI is InChI=1S/C22H17ClN4O/c1-15-13-20-21(26-27(25-20)18-10-8-17(23)9-11-18)14-19(15)24-22(28)12-7-16-5-3-2-4-6-16/h2-14H,1H3,(H,24,28)/b12-7+. The van der Waals surface area contributed by atoms with Crippen molar-refractivity contribution in [3.8, 4) is 5.69 Å². The highest BCUT2D eigenvalue weighted by atomic mass is 35.5. The molecule has 0 aliphatic heterocycles. The molecule has 3 aromatic carbocycles. The summed E-state index contributed by atoms with van der Waals surface area (Å²) in [5.41, 5.74) is 4.86. The number of carbonyl (C=O) groups is 1. The fourth-order valence-electron chi connectivity index (χ4n) is 2.80. The Kier molecular flexibility index (Phi) is 4.91. The first-order valence-corrected chi connectivity index (χ1v) is 9.14. The number of fused-ring (bicyclic) bond motifs is 1. The monoisotopic (exact) mass is 388 g/mol. The van der Waals surface area contributed by atoms with Crippen molar-refractivity contribution < 1.29 is 4.79 Å². The molecule has 1 heterocycles. The molecule has 0 spiro atoms. The molecule has 0 bridgehead atoms. The molecular formula is C22H17ClN4O. The van der Waals surface area contributed by atoms with Crippen molar-refractivity contribution in [3.05, 3.63) is 89.0 Å². The first kappa shape index (κ1) is 17.9. The van der Waals surface area contributed by atoms with E-state index in [0.717, 1.165) is 22.3 Å². The van der Waals surface area contributed by atoms with Crippen LogP contribution in [0.25, 0.3) is 22.8 Å². The Hall–Kier alpha value is -3.44. The van der Waals surface area contributed by atoms with Crippen LogP contribution in [-0.4, -0.2) is 20.9 Å². The van der Waals surface area contributed by atoms with E-state index in [-0.39, 0.29) is 5.91 Å². The number of carbonyl (C=O) groups excluding carboxylic acids is 1. The van der Waals surface area contributed by atoms with E-state index in [9.17, 15) is 4.79 Å². The molecule has 5 nitrogen and oxygen atoms in total. The lowest BCUT2D eigenvalue weighted by atomic mass is 10.1. The highest BCUT2D eigenvalue weighted by Crippen LogP contribution is 2.22. The van der Waals surface area contributed by atoms with Gasteiger partial charge >= 0.3 is 0 Å². The quantitative estimate of drug-likeness (QED) is 0.498. The lowest BCUT2D eigenvalue weighted by Gasteiger charge is -2.05. The zero-order valence-corrected chi connectivity index (χ0v) is 15.9. The third kappa shape index (κ3) is 3.94. The Labute approximate surface area is 167 Å². The molecule has 0 aliphatic rings. The molecule has 4 aromatic rings. The van der Waals surface area contributed by atoms with Crippen LogP contribution in [-0.2, 0) is 4.79 Å². The zero-order chi connectivity index (χ0) is 19.5. The average molecular weight is 389 g/mol. The summed E-state index contributed by atoms with van der Waals surface area (Å²) in [6, 6.07) is 20.7. The smallest absolute Gasteiger partial charge is 0.248 e. The summed E-state index contributed by atoms with van der Waals surface area (Å²) in [5.74, 6) is -0.198. The first-order valence-electron chi connectivity index (χ1n) is 8.76. The van der Waals surface area contributed by atoms with Crippen molar-refractivity contribution in [1.29, 1.82) is 0 Å². The molecule has 0 unspecified atom stereocenters. The molecule has 6 heteroatoms. The van der Waals surface area contributed by atoms with E-state index < -0.39 is 0 Å². The fraction of sp³-hybridized carbons (Fsp3) is 0.0455. The van der Waals surface area contributed by atoms with Gasteiger partial charge in [-0.25, -0.2) is 0 Å². The SMILES string of the molecule is Cc1cc2nn(-c3ccc(Cl)cc3)nc2cc1NC(=O)/C=C/c1ccccc1. The zero-order valence-electron chi connectivity index (χ0n) is 15.1. The van der Waals surface area contributed by atoms with Gasteiger partial charge in [0.05, 0.1) is 5.69 Å². The van der Waals surface area contributed by atoms with E-state index in [1.165, 1.54) is 6.08 Å². The van der Waals surface area contributed by atoms with Gasteiger partial charge in [-0.3, -0.25) is 4.79 Å². The summed E-state index contributed by atoms with van der Waals surface area (Å²) in [4.78, 5) is 13.8. The molecule has 0 saturated carbocycles. The highest BCUT2D eigenvalue weighted by molar-refractivity contribution is 6.30. The number of nitrogens with zero attached hydrogens (tertiary/aromatic N) is 3. The average Bonchev–Trinajstić information content (AvgIpc) is 3.10. The molecule has 1 aromatic heterocycles. The third-order valence-corrected chi connectivity index (χ3v) is 4.52. The Morgan fingerprint density at radius 3 is 2.39 bits per heavy atom. The van der Waals surface area contributed by atoms with Gasteiger partial charge in [0.2, 0.25) is 5.91 Å². The van der Waals surface area contributed by atoms with E-state index >= 15 is 0 Å². The Morgan fingerprint density at radius 1 is 1.00 bits per heavy atom. The van der Waals surface area contributed by atoms with E-state index in [1.54, 1.807) is 23.0 Å². The van der Waals surface area contributed by atoms with E-state index in [1.807, 2.05) is 61.5 Å². The summed E-state index contributed by atoms with van der Waals surface area (Å²) in [7, 11) is 0. The summed E-state index contributed by atoms with van der Waals surface area (Å²) >= 11 is 5.94. The lowest BCUT2D eigenvalue weighted by Crippen LogP contribution is -2.08. The van der Waals surface area contributed by atoms with Gasteiger partial charge in [0.15, 0.2) is 0 Å². The minimum Gasteiger partial charge on any atom is -0.322 e. The van der Waals surface area contributed by atoms with Gasteiger partial charge in [0, 0.05) is 16.8 Å². The summed E-state index contributed by atoms with van der Waals surface area (Å²) < 4.78 is 0. The number of aromatic nitrogens is 3. The van der Waals surface area contributed by atoms with Crippen molar-refractivity contribution >= 4 is 40.3 Å². The van der Waals surface area contributed by atoms with Crippen LogP contribution in [0.3, 0.4) is 0 Å². The third-order valence-electron chi connectivity index (χ3n) is 4.27. The Bertz CT molecular complexity index is 1160. The number of benzene rings is 3. The van der Waals surface area contributed by atoms with E-state index in [2.05, 4.69) is 15.5 Å². The number of nitrogens with one attached hydrogen (secondary N) is 1. The molecule has 0 aliphatic carbocycles. The predicted molar refractivity (Wildman–Crippen MR) is 113 cm³/mol. The van der Waals surface area contributed by atoms with Crippen molar-refractivity contribution in [2.24, 2.45) is 0 Å². The maximum absolute atomic E-state index is 12.3. The molecule has 138 valence electrons. The second-order valence-corrected chi connectivity index (χ2v) is 6.79. The van der Waals surface area contributed by atoms with Gasteiger partial charge in [-0.2, -0.15) is 4.80 Å². The van der Waals surface area contributed by atoms with Crippen LogP contribution in [0.1, 0.15) is 11.1 Å². The fourth-order valence-corrected chi connectivity index (χ4v) is 2.93. The summed E-state index contributed by atoms with van der Waals surface area (Å²) in [5, 5.41) is 12.6. The van der Waals surface area contributed by atoms with Crippen molar-refractivity contribution in [2.75, 3.05) is 5.32 Å². The van der Waals surface area contributed by atoms with Gasteiger partial charge in [-0.05, 0) is 60.5 Å². The van der Waals surface area contributed by atoms with Gasteiger partial charge in [0.1, 0.15) is 11.0 Å². The van der Waals surface area contributed by atoms with E-state index in [0.29, 0.717) is 16.2 Å². The molecule has 0 saturated heterocycles. The van der Waals surface area contributed by atoms with Crippen LogP contribution in [0.15, 0.2) is 72.8 Å². The lowest BCUT2D eigenvalue weighted by molar-refractivity contribution is -0.111. The number of rotatable bonds is 4. The maximum atomic E-state index is 12.3. The van der Waals surface area contributed by atoms with Crippen molar-refractivity contribution in [3.63, 3.8) is 0 Å².